The Morgan fingerprint density at radius 3 is 2.58 bits per heavy atom. The fraction of sp³-hybridized carbons (Fsp3) is 0.105. The lowest BCUT2D eigenvalue weighted by molar-refractivity contribution is 0.0517. The molecule has 6 nitrogen and oxygen atoms in total. The summed E-state index contributed by atoms with van der Waals surface area (Å²) in [5, 5.41) is 3.04. The van der Waals surface area contributed by atoms with Crippen LogP contribution in [-0.4, -0.2) is 21.1 Å². The quantitative estimate of drug-likeness (QED) is 0.709. The van der Waals surface area contributed by atoms with Crippen molar-refractivity contribution >= 4 is 21.5 Å². The molecule has 0 amide bonds. The number of cyclic esters (lactones) is 1. The first-order chi connectivity index (χ1) is 12.6. The number of hydrogen-bond acceptors (Lipinski definition) is 6. The molecule has 0 fully saturated rings. The van der Waals surface area contributed by atoms with Crippen LogP contribution < -0.4 is 5.32 Å². The van der Waals surface area contributed by atoms with Crippen molar-refractivity contribution in [3.05, 3.63) is 72.2 Å². The molecule has 0 spiro atoms. The van der Waals surface area contributed by atoms with E-state index >= 15 is 0 Å². The van der Waals surface area contributed by atoms with Crippen LogP contribution in [0.1, 0.15) is 15.9 Å². The lowest BCUT2D eigenvalue weighted by Gasteiger charge is -2.23. The Morgan fingerprint density at radius 1 is 1.04 bits per heavy atom. The van der Waals surface area contributed by atoms with Gasteiger partial charge < -0.3 is 14.5 Å². The van der Waals surface area contributed by atoms with E-state index in [1.165, 1.54) is 18.4 Å². The van der Waals surface area contributed by atoms with E-state index in [9.17, 15) is 13.2 Å². The van der Waals surface area contributed by atoms with Gasteiger partial charge in [0.05, 0.1) is 34.4 Å². The fourth-order valence-corrected chi connectivity index (χ4v) is 4.39. The van der Waals surface area contributed by atoms with Crippen LogP contribution in [0.2, 0.25) is 0 Å². The predicted octanol–water partition coefficient (Wildman–Crippen LogP) is 3.46. The zero-order valence-corrected chi connectivity index (χ0v) is 14.5. The molecular formula is C19H15NO5S. The van der Waals surface area contributed by atoms with Gasteiger partial charge in [0.1, 0.15) is 0 Å². The molecular weight excluding hydrogens is 354 g/mol. The topological polar surface area (TPSA) is 85.6 Å². The number of anilines is 1. The number of rotatable bonds is 4. The highest BCUT2D eigenvalue weighted by molar-refractivity contribution is 7.90. The molecule has 0 aliphatic carbocycles. The van der Waals surface area contributed by atoms with Crippen molar-refractivity contribution in [1.29, 1.82) is 0 Å². The number of carbonyl (C=O) groups is 1. The van der Waals surface area contributed by atoms with Gasteiger partial charge in [-0.1, -0.05) is 30.3 Å². The second-order valence-corrected chi connectivity index (χ2v) is 7.85. The highest BCUT2D eigenvalue weighted by Gasteiger charge is 2.28. The fourth-order valence-electron chi connectivity index (χ4n) is 3.00. The molecule has 1 aliphatic rings. The van der Waals surface area contributed by atoms with E-state index in [1.54, 1.807) is 42.7 Å². The minimum atomic E-state index is -3.59. The Bertz CT molecular complexity index is 1060. The first kappa shape index (κ1) is 16.4. The Hall–Kier alpha value is -3.06. The van der Waals surface area contributed by atoms with Crippen molar-refractivity contribution in [2.75, 3.05) is 12.0 Å². The van der Waals surface area contributed by atoms with Crippen LogP contribution in [0.4, 0.5) is 5.69 Å². The zero-order chi connectivity index (χ0) is 18.1. The van der Waals surface area contributed by atoms with Gasteiger partial charge in [0.25, 0.3) is 0 Å². The van der Waals surface area contributed by atoms with Crippen molar-refractivity contribution in [3.63, 3.8) is 0 Å². The Kier molecular flexibility index (Phi) is 4.00. The van der Waals surface area contributed by atoms with Crippen molar-refractivity contribution in [1.82, 2.24) is 0 Å². The molecule has 4 rings (SSSR count). The molecule has 132 valence electrons. The van der Waals surface area contributed by atoms with Gasteiger partial charge in [0.2, 0.25) is 0 Å². The van der Waals surface area contributed by atoms with Crippen LogP contribution >= 0.6 is 0 Å². The van der Waals surface area contributed by atoms with Gasteiger partial charge in [-0.25, -0.2) is 13.2 Å². The number of furan rings is 1. The maximum absolute atomic E-state index is 12.7. The van der Waals surface area contributed by atoms with Crippen LogP contribution in [0, 0.1) is 0 Å². The summed E-state index contributed by atoms with van der Waals surface area (Å²) >= 11 is 0. The van der Waals surface area contributed by atoms with Gasteiger partial charge in [-0.2, -0.15) is 0 Å². The molecule has 2 aromatic carbocycles. The first-order valence-corrected chi connectivity index (χ1v) is 9.59. The summed E-state index contributed by atoms with van der Waals surface area (Å²) in [4.78, 5) is 12.6. The maximum atomic E-state index is 12.7. The summed E-state index contributed by atoms with van der Waals surface area (Å²) in [6, 6.07) is 13.4. The average Bonchev–Trinajstić information content (AvgIpc) is 3.17. The molecule has 26 heavy (non-hydrogen) atoms. The minimum absolute atomic E-state index is 0.0333. The monoisotopic (exact) mass is 369 g/mol. The number of esters is 1. The van der Waals surface area contributed by atoms with E-state index in [1.807, 2.05) is 0 Å². The van der Waals surface area contributed by atoms with E-state index in [-0.39, 0.29) is 22.9 Å². The van der Waals surface area contributed by atoms with Crippen LogP contribution in [0.3, 0.4) is 0 Å². The summed E-state index contributed by atoms with van der Waals surface area (Å²) in [5.41, 5.74) is 2.75. The SMILES string of the molecule is O=C1OCNc2c(-c3ccoc3)ccc(CS(=O)(=O)c3ccccc3)c21. The predicted molar refractivity (Wildman–Crippen MR) is 95.4 cm³/mol. The van der Waals surface area contributed by atoms with E-state index < -0.39 is 15.8 Å². The molecule has 0 saturated carbocycles. The van der Waals surface area contributed by atoms with Gasteiger partial charge in [-0.15, -0.1) is 0 Å². The molecule has 1 aliphatic heterocycles. The lowest BCUT2D eigenvalue weighted by Crippen LogP contribution is -2.24. The van der Waals surface area contributed by atoms with E-state index in [0.29, 0.717) is 11.3 Å². The number of benzene rings is 2. The van der Waals surface area contributed by atoms with Crippen LogP contribution in [0.5, 0.6) is 0 Å². The Morgan fingerprint density at radius 2 is 1.85 bits per heavy atom. The molecule has 0 bridgehead atoms. The molecule has 0 unspecified atom stereocenters. The lowest BCUT2D eigenvalue weighted by atomic mass is 9.97. The molecule has 0 atom stereocenters. The van der Waals surface area contributed by atoms with Gasteiger partial charge >= 0.3 is 5.97 Å². The molecule has 0 radical (unpaired) electrons. The second kappa shape index (κ2) is 6.34. The van der Waals surface area contributed by atoms with Gasteiger partial charge in [0.15, 0.2) is 16.6 Å². The van der Waals surface area contributed by atoms with Crippen LogP contribution in [0.25, 0.3) is 11.1 Å². The average molecular weight is 369 g/mol. The van der Waals surface area contributed by atoms with Crippen molar-refractivity contribution in [2.45, 2.75) is 10.6 Å². The van der Waals surface area contributed by atoms with E-state index in [2.05, 4.69) is 5.32 Å². The molecule has 1 aromatic heterocycles. The van der Waals surface area contributed by atoms with E-state index in [4.69, 9.17) is 9.15 Å². The number of ether oxygens (including phenoxy) is 1. The normalized spacial score (nSPS) is 13.6. The molecule has 2 heterocycles. The largest absolute Gasteiger partial charge is 0.472 e. The molecule has 0 saturated heterocycles. The summed E-state index contributed by atoms with van der Waals surface area (Å²) in [6.45, 7) is 0.0333. The summed E-state index contributed by atoms with van der Waals surface area (Å²) in [7, 11) is -3.59. The highest BCUT2D eigenvalue weighted by Crippen LogP contribution is 2.36. The molecule has 7 heteroatoms. The highest BCUT2D eigenvalue weighted by atomic mass is 32.2. The minimum Gasteiger partial charge on any atom is -0.472 e. The third kappa shape index (κ3) is 2.86. The van der Waals surface area contributed by atoms with Crippen molar-refractivity contribution in [3.8, 4) is 11.1 Å². The van der Waals surface area contributed by atoms with Crippen LogP contribution in [-0.2, 0) is 20.3 Å². The van der Waals surface area contributed by atoms with Crippen molar-refractivity contribution in [2.24, 2.45) is 0 Å². The summed E-state index contributed by atoms with van der Waals surface area (Å²) in [5.74, 6) is -0.829. The summed E-state index contributed by atoms with van der Waals surface area (Å²) in [6.07, 6.45) is 3.11. The van der Waals surface area contributed by atoms with Gasteiger partial charge in [-0.05, 0) is 23.8 Å². The van der Waals surface area contributed by atoms with Crippen molar-refractivity contribution < 1.29 is 22.4 Å². The number of nitrogens with one attached hydrogen (secondary N) is 1. The summed E-state index contributed by atoms with van der Waals surface area (Å²) < 4.78 is 35.6. The van der Waals surface area contributed by atoms with Gasteiger partial charge in [0, 0.05) is 11.1 Å². The number of sulfone groups is 1. The van der Waals surface area contributed by atoms with Gasteiger partial charge in [-0.3, -0.25) is 0 Å². The maximum Gasteiger partial charge on any atom is 0.342 e. The number of fused-ring (bicyclic) bond motifs is 1. The number of carbonyl (C=O) groups excluding carboxylic acids is 1. The Balaban J connectivity index is 1.82. The van der Waals surface area contributed by atoms with Crippen LogP contribution in [0.15, 0.2) is 70.4 Å². The molecule has 3 aromatic rings. The smallest absolute Gasteiger partial charge is 0.342 e. The second-order valence-electron chi connectivity index (χ2n) is 5.86. The number of hydrogen-bond donors (Lipinski definition) is 1. The Labute approximate surface area is 150 Å². The third-order valence-corrected chi connectivity index (χ3v) is 5.91. The third-order valence-electron chi connectivity index (χ3n) is 4.23. The van der Waals surface area contributed by atoms with E-state index in [0.717, 1.165) is 11.1 Å². The zero-order valence-electron chi connectivity index (χ0n) is 13.6. The first-order valence-electron chi connectivity index (χ1n) is 7.93. The standard InChI is InChI=1S/C19H15NO5S/c21-19-17-14(11-26(22,23)15-4-2-1-3-5-15)6-7-16(13-8-9-24-10-13)18(17)20-12-25-19/h1-10,20H,11-12H2. The molecule has 1 N–H and O–H groups in total.